The molecule has 3 N–H and O–H groups in total. The number of hydrogen-bond donors (Lipinski definition) is 2. The van der Waals surface area contributed by atoms with Crippen molar-refractivity contribution in [1.29, 1.82) is 0 Å². The van der Waals surface area contributed by atoms with Gasteiger partial charge in [-0.15, -0.1) is 0 Å². The molecule has 4 aromatic rings. The first-order valence-corrected chi connectivity index (χ1v) is 8.25. The van der Waals surface area contributed by atoms with E-state index in [9.17, 15) is 4.79 Å². The summed E-state index contributed by atoms with van der Waals surface area (Å²) in [5, 5.41) is 0.986. The Balaban J connectivity index is 1.76. The van der Waals surface area contributed by atoms with Crippen LogP contribution in [0.4, 0.5) is 0 Å². The summed E-state index contributed by atoms with van der Waals surface area (Å²) in [7, 11) is 0. The van der Waals surface area contributed by atoms with E-state index >= 15 is 0 Å². The van der Waals surface area contributed by atoms with E-state index in [0.29, 0.717) is 5.56 Å². The Labute approximate surface area is 146 Å². The second-order valence-corrected chi connectivity index (χ2v) is 6.19. The lowest BCUT2D eigenvalue weighted by molar-refractivity contribution is 0.100. The van der Waals surface area contributed by atoms with Crippen LogP contribution in [0.5, 0.6) is 0 Å². The van der Waals surface area contributed by atoms with Gasteiger partial charge in [0.15, 0.2) is 0 Å². The highest BCUT2D eigenvalue weighted by atomic mass is 16.1. The fraction of sp³-hybridized carbons (Fsp3) is 0.0455. The summed E-state index contributed by atoms with van der Waals surface area (Å²) in [5.41, 5.74) is 11.5. The molecular weight excluding hydrogens is 308 g/mol. The van der Waals surface area contributed by atoms with Gasteiger partial charge in [-0.25, -0.2) is 0 Å². The molecule has 0 aliphatic carbocycles. The van der Waals surface area contributed by atoms with Gasteiger partial charge in [0.05, 0.1) is 11.1 Å². The Morgan fingerprint density at radius 1 is 0.840 bits per heavy atom. The van der Waals surface area contributed by atoms with Gasteiger partial charge in [-0.1, -0.05) is 54.6 Å². The van der Waals surface area contributed by atoms with Crippen LogP contribution in [-0.2, 0) is 6.42 Å². The molecule has 0 aliphatic rings. The standard InChI is InChI=1S/C22H18N2O/c23-22(25)20-14-19(13-18-9-10-24-21(18)20)17-8-4-7-16(12-17)11-15-5-2-1-3-6-15/h1-10,12-14,24H,11H2,(H2,23,25). The maximum atomic E-state index is 11.8. The van der Waals surface area contributed by atoms with Crippen LogP contribution in [0.15, 0.2) is 79.0 Å². The number of primary amides is 1. The number of aromatic amines is 1. The van der Waals surface area contributed by atoms with Crippen LogP contribution in [0.1, 0.15) is 21.5 Å². The van der Waals surface area contributed by atoms with Crippen LogP contribution < -0.4 is 5.73 Å². The van der Waals surface area contributed by atoms with E-state index < -0.39 is 5.91 Å². The molecule has 122 valence electrons. The lowest BCUT2D eigenvalue weighted by Gasteiger charge is -2.08. The molecule has 0 radical (unpaired) electrons. The molecular formula is C22H18N2O. The number of aromatic nitrogens is 1. The first-order chi connectivity index (χ1) is 12.2. The molecule has 0 saturated carbocycles. The summed E-state index contributed by atoms with van der Waals surface area (Å²) in [6, 6.07) is 24.7. The SMILES string of the molecule is NC(=O)c1cc(-c2cccc(Cc3ccccc3)c2)cc2cc[nH]c12. The van der Waals surface area contributed by atoms with Crippen LogP contribution in [0.3, 0.4) is 0 Å². The van der Waals surface area contributed by atoms with Crippen molar-refractivity contribution in [3.63, 3.8) is 0 Å². The van der Waals surface area contributed by atoms with Crippen LogP contribution in [0, 0.1) is 0 Å². The van der Waals surface area contributed by atoms with Crippen molar-refractivity contribution in [3.8, 4) is 11.1 Å². The first kappa shape index (κ1) is 15.2. The molecule has 0 saturated heterocycles. The normalized spacial score (nSPS) is 10.9. The number of benzene rings is 3. The molecule has 0 aliphatic heterocycles. The number of fused-ring (bicyclic) bond motifs is 1. The van der Waals surface area contributed by atoms with Crippen LogP contribution in [0.25, 0.3) is 22.0 Å². The van der Waals surface area contributed by atoms with E-state index in [2.05, 4.69) is 59.6 Å². The highest BCUT2D eigenvalue weighted by Gasteiger charge is 2.11. The Hall–Kier alpha value is -3.33. The maximum absolute atomic E-state index is 11.8. The van der Waals surface area contributed by atoms with Crippen LogP contribution in [0.2, 0.25) is 0 Å². The highest BCUT2D eigenvalue weighted by Crippen LogP contribution is 2.28. The minimum Gasteiger partial charge on any atom is -0.366 e. The van der Waals surface area contributed by atoms with Gasteiger partial charge < -0.3 is 10.7 Å². The number of carbonyl (C=O) groups is 1. The number of H-pyrrole nitrogens is 1. The lowest BCUT2D eigenvalue weighted by atomic mass is 9.96. The lowest BCUT2D eigenvalue weighted by Crippen LogP contribution is -2.11. The third-order valence-electron chi connectivity index (χ3n) is 4.44. The van der Waals surface area contributed by atoms with Crippen LogP contribution in [-0.4, -0.2) is 10.9 Å². The molecule has 3 heteroatoms. The second-order valence-electron chi connectivity index (χ2n) is 6.19. The molecule has 25 heavy (non-hydrogen) atoms. The largest absolute Gasteiger partial charge is 0.366 e. The summed E-state index contributed by atoms with van der Waals surface area (Å²) < 4.78 is 0. The average molecular weight is 326 g/mol. The zero-order valence-corrected chi connectivity index (χ0v) is 13.7. The van der Waals surface area contributed by atoms with E-state index in [1.807, 2.05) is 24.4 Å². The number of nitrogens with one attached hydrogen (secondary N) is 1. The maximum Gasteiger partial charge on any atom is 0.250 e. The number of hydrogen-bond acceptors (Lipinski definition) is 1. The van der Waals surface area contributed by atoms with Crippen molar-refractivity contribution in [3.05, 3.63) is 95.7 Å². The highest BCUT2D eigenvalue weighted by molar-refractivity contribution is 6.06. The van der Waals surface area contributed by atoms with Gasteiger partial charge in [0.25, 0.3) is 5.91 Å². The smallest absolute Gasteiger partial charge is 0.250 e. The van der Waals surface area contributed by atoms with E-state index in [1.54, 1.807) is 0 Å². The summed E-state index contributed by atoms with van der Waals surface area (Å²) in [5.74, 6) is -0.422. The molecule has 0 fully saturated rings. The Kier molecular flexibility index (Phi) is 3.82. The molecule has 0 bridgehead atoms. The summed E-state index contributed by atoms with van der Waals surface area (Å²) >= 11 is 0. The molecule has 3 aromatic carbocycles. The molecule has 1 aromatic heterocycles. The molecule has 0 unspecified atom stereocenters. The Bertz CT molecular complexity index is 1050. The van der Waals surface area contributed by atoms with Crippen molar-refractivity contribution >= 4 is 16.8 Å². The Morgan fingerprint density at radius 2 is 1.64 bits per heavy atom. The predicted octanol–water partition coefficient (Wildman–Crippen LogP) is 4.52. The number of nitrogens with two attached hydrogens (primary N) is 1. The van der Waals surface area contributed by atoms with Gasteiger partial charge in [-0.05, 0) is 46.9 Å². The van der Waals surface area contributed by atoms with Gasteiger partial charge >= 0.3 is 0 Å². The van der Waals surface area contributed by atoms with Gasteiger partial charge in [-0.2, -0.15) is 0 Å². The quantitative estimate of drug-likeness (QED) is 0.569. The topological polar surface area (TPSA) is 58.9 Å². The predicted molar refractivity (Wildman–Crippen MR) is 102 cm³/mol. The summed E-state index contributed by atoms with van der Waals surface area (Å²) in [4.78, 5) is 14.9. The number of amides is 1. The van der Waals surface area contributed by atoms with E-state index in [4.69, 9.17) is 5.73 Å². The van der Waals surface area contributed by atoms with Crippen molar-refractivity contribution in [2.45, 2.75) is 6.42 Å². The van der Waals surface area contributed by atoms with Gasteiger partial charge in [0.2, 0.25) is 0 Å². The summed E-state index contributed by atoms with van der Waals surface area (Å²) in [6.07, 6.45) is 2.70. The van der Waals surface area contributed by atoms with E-state index in [0.717, 1.165) is 28.5 Å². The fourth-order valence-electron chi connectivity index (χ4n) is 3.23. The summed E-state index contributed by atoms with van der Waals surface area (Å²) in [6.45, 7) is 0. The monoisotopic (exact) mass is 326 g/mol. The molecule has 0 atom stereocenters. The molecule has 3 nitrogen and oxygen atoms in total. The minimum atomic E-state index is -0.422. The average Bonchev–Trinajstić information content (AvgIpc) is 3.10. The van der Waals surface area contributed by atoms with Gasteiger partial charge in [0.1, 0.15) is 0 Å². The first-order valence-electron chi connectivity index (χ1n) is 8.25. The zero-order chi connectivity index (χ0) is 17.2. The van der Waals surface area contributed by atoms with Crippen molar-refractivity contribution < 1.29 is 4.79 Å². The van der Waals surface area contributed by atoms with Crippen molar-refractivity contribution in [1.82, 2.24) is 4.98 Å². The van der Waals surface area contributed by atoms with Crippen LogP contribution >= 0.6 is 0 Å². The fourth-order valence-corrected chi connectivity index (χ4v) is 3.23. The van der Waals surface area contributed by atoms with Crippen molar-refractivity contribution in [2.75, 3.05) is 0 Å². The van der Waals surface area contributed by atoms with Crippen molar-refractivity contribution in [2.24, 2.45) is 5.73 Å². The molecule has 0 spiro atoms. The zero-order valence-electron chi connectivity index (χ0n) is 13.7. The van der Waals surface area contributed by atoms with E-state index in [1.165, 1.54) is 11.1 Å². The van der Waals surface area contributed by atoms with Gasteiger partial charge in [-0.3, -0.25) is 4.79 Å². The third-order valence-corrected chi connectivity index (χ3v) is 4.44. The number of carbonyl (C=O) groups excluding carboxylic acids is 1. The minimum absolute atomic E-state index is 0.422. The molecule has 1 amide bonds. The third kappa shape index (κ3) is 3.04. The second kappa shape index (κ2) is 6.29. The number of rotatable bonds is 4. The Morgan fingerprint density at radius 3 is 2.44 bits per heavy atom. The van der Waals surface area contributed by atoms with E-state index in [-0.39, 0.29) is 0 Å². The molecule has 1 heterocycles. The molecule has 4 rings (SSSR count). The van der Waals surface area contributed by atoms with Gasteiger partial charge in [0, 0.05) is 11.6 Å².